The van der Waals surface area contributed by atoms with E-state index in [-0.39, 0.29) is 11.9 Å². The summed E-state index contributed by atoms with van der Waals surface area (Å²) < 4.78 is 9.96. The monoisotopic (exact) mass is 262 g/mol. The van der Waals surface area contributed by atoms with E-state index in [1.165, 1.54) is 0 Å². The summed E-state index contributed by atoms with van der Waals surface area (Å²) >= 11 is 1.62. The van der Waals surface area contributed by atoms with Crippen LogP contribution in [0.3, 0.4) is 0 Å². The van der Waals surface area contributed by atoms with Gasteiger partial charge >= 0.3 is 11.9 Å². The summed E-state index contributed by atoms with van der Waals surface area (Å²) in [6.45, 7) is 4.76. The van der Waals surface area contributed by atoms with Gasteiger partial charge in [-0.1, -0.05) is 13.8 Å². The van der Waals surface area contributed by atoms with Crippen molar-refractivity contribution in [1.82, 2.24) is 0 Å². The summed E-state index contributed by atoms with van der Waals surface area (Å²) in [5, 5.41) is 0. The lowest BCUT2D eigenvalue weighted by atomic mass is 10.3. The minimum absolute atomic E-state index is 0.137. The van der Waals surface area contributed by atoms with Crippen LogP contribution in [0.2, 0.25) is 0 Å². The van der Waals surface area contributed by atoms with Crippen molar-refractivity contribution >= 4 is 23.7 Å². The van der Waals surface area contributed by atoms with Crippen LogP contribution in [0.1, 0.15) is 39.5 Å². The van der Waals surface area contributed by atoms with Crippen molar-refractivity contribution in [2.75, 3.05) is 24.7 Å². The van der Waals surface area contributed by atoms with Gasteiger partial charge in [-0.2, -0.15) is 11.8 Å². The largest absolute Gasteiger partial charge is 0.465 e. The van der Waals surface area contributed by atoms with Crippen LogP contribution in [0, 0.1) is 0 Å². The van der Waals surface area contributed by atoms with Crippen molar-refractivity contribution in [3.63, 3.8) is 0 Å². The molecule has 0 aromatic carbocycles. The Bertz CT molecular complexity index is 197. The summed E-state index contributed by atoms with van der Waals surface area (Å²) in [7, 11) is 0. The lowest BCUT2D eigenvalue weighted by molar-refractivity contribution is -0.143. The molecule has 0 aliphatic rings. The molecule has 0 radical (unpaired) electrons. The molecule has 0 spiro atoms. The Morgan fingerprint density at radius 2 is 1.29 bits per heavy atom. The molecule has 4 nitrogen and oxygen atoms in total. The van der Waals surface area contributed by atoms with Gasteiger partial charge < -0.3 is 9.47 Å². The fraction of sp³-hybridized carbons (Fsp3) is 0.833. The molecule has 0 N–H and O–H groups in total. The van der Waals surface area contributed by atoms with E-state index in [1.54, 1.807) is 11.8 Å². The number of carbonyl (C=O) groups is 2. The Balaban J connectivity index is 3.18. The van der Waals surface area contributed by atoms with Crippen molar-refractivity contribution in [2.24, 2.45) is 0 Å². The van der Waals surface area contributed by atoms with Crippen molar-refractivity contribution in [2.45, 2.75) is 39.5 Å². The van der Waals surface area contributed by atoms with E-state index in [0.29, 0.717) is 26.1 Å². The normalized spacial score (nSPS) is 10.0. The van der Waals surface area contributed by atoms with E-state index in [9.17, 15) is 9.59 Å². The fourth-order valence-electron chi connectivity index (χ4n) is 1.08. The summed E-state index contributed by atoms with van der Waals surface area (Å²) in [6.07, 6.45) is 2.61. The standard InChI is InChI=1S/C12H22O4S/c1-3-5-11(13)15-7-9-17-10-8-16-12(14)6-4-2/h3-10H2,1-2H3. The maximum Gasteiger partial charge on any atom is 0.305 e. The van der Waals surface area contributed by atoms with Crippen LogP contribution in [0.4, 0.5) is 0 Å². The highest BCUT2D eigenvalue weighted by atomic mass is 32.2. The molecular weight excluding hydrogens is 240 g/mol. The van der Waals surface area contributed by atoms with Crippen molar-refractivity contribution in [3.8, 4) is 0 Å². The summed E-state index contributed by atoms with van der Waals surface area (Å²) in [5.41, 5.74) is 0. The molecule has 0 bridgehead atoms. The second-order valence-corrected chi connectivity index (χ2v) is 4.78. The molecule has 17 heavy (non-hydrogen) atoms. The van der Waals surface area contributed by atoms with Gasteiger partial charge in [-0.15, -0.1) is 0 Å². The third-order valence-corrected chi connectivity index (χ3v) is 2.80. The molecule has 0 atom stereocenters. The van der Waals surface area contributed by atoms with Crippen LogP contribution in [0.15, 0.2) is 0 Å². The molecule has 0 aliphatic carbocycles. The van der Waals surface area contributed by atoms with E-state index >= 15 is 0 Å². The molecule has 0 heterocycles. The summed E-state index contributed by atoms with van der Waals surface area (Å²) in [6, 6.07) is 0. The Morgan fingerprint density at radius 1 is 0.882 bits per heavy atom. The maximum atomic E-state index is 11.0. The van der Waals surface area contributed by atoms with E-state index in [1.807, 2.05) is 13.8 Å². The van der Waals surface area contributed by atoms with Crippen molar-refractivity contribution in [3.05, 3.63) is 0 Å². The molecule has 0 amide bonds. The molecule has 0 rings (SSSR count). The first kappa shape index (κ1) is 16.3. The molecule has 0 aliphatic heterocycles. The highest BCUT2D eigenvalue weighted by Gasteiger charge is 2.01. The molecular formula is C12H22O4S. The van der Waals surface area contributed by atoms with Gasteiger partial charge in [-0.05, 0) is 12.8 Å². The number of thioether (sulfide) groups is 1. The lowest BCUT2D eigenvalue weighted by Crippen LogP contribution is -2.09. The van der Waals surface area contributed by atoms with Gasteiger partial charge in [0.25, 0.3) is 0 Å². The minimum Gasteiger partial charge on any atom is -0.465 e. The highest BCUT2D eigenvalue weighted by molar-refractivity contribution is 7.99. The molecule has 0 unspecified atom stereocenters. The quantitative estimate of drug-likeness (QED) is 0.447. The summed E-state index contributed by atoms with van der Waals surface area (Å²) in [5.74, 6) is 1.23. The first-order valence-electron chi connectivity index (χ1n) is 6.09. The zero-order chi connectivity index (χ0) is 12.9. The van der Waals surface area contributed by atoms with Gasteiger partial charge in [0.05, 0.1) is 0 Å². The third-order valence-electron chi connectivity index (χ3n) is 1.89. The second-order valence-electron chi connectivity index (χ2n) is 3.55. The van der Waals surface area contributed by atoms with Crippen LogP contribution in [0.5, 0.6) is 0 Å². The molecule has 100 valence electrons. The second kappa shape index (κ2) is 11.8. The van der Waals surface area contributed by atoms with E-state index in [2.05, 4.69) is 0 Å². The molecule has 0 aromatic rings. The van der Waals surface area contributed by atoms with Gasteiger partial charge in [0.1, 0.15) is 13.2 Å². The van der Waals surface area contributed by atoms with Gasteiger partial charge in [-0.25, -0.2) is 0 Å². The van der Waals surface area contributed by atoms with Crippen LogP contribution in [-0.4, -0.2) is 36.7 Å². The first-order valence-corrected chi connectivity index (χ1v) is 7.25. The minimum atomic E-state index is -0.137. The SMILES string of the molecule is CCCC(=O)OCCSCCOC(=O)CCC. The zero-order valence-electron chi connectivity index (χ0n) is 10.7. The summed E-state index contributed by atoms with van der Waals surface area (Å²) in [4.78, 5) is 22.0. The topological polar surface area (TPSA) is 52.6 Å². The zero-order valence-corrected chi connectivity index (χ0v) is 11.5. The van der Waals surface area contributed by atoms with Crippen molar-refractivity contribution in [1.29, 1.82) is 0 Å². The molecule has 0 fully saturated rings. The Morgan fingerprint density at radius 3 is 1.65 bits per heavy atom. The van der Waals surface area contributed by atoms with Crippen molar-refractivity contribution < 1.29 is 19.1 Å². The average molecular weight is 262 g/mol. The number of carbonyl (C=O) groups excluding carboxylic acids is 2. The van der Waals surface area contributed by atoms with E-state index < -0.39 is 0 Å². The predicted octanol–water partition coefficient (Wildman–Crippen LogP) is 2.41. The number of ether oxygens (including phenoxy) is 2. The number of rotatable bonds is 10. The number of esters is 2. The first-order chi connectivity index (χ1) is 8.20. The number of hydrogen-bond donors (Lipinski definition) is 0. The maximum absolute atomic E-state index is 11.0. The van der Waals surface area contributed by atoms with E-state index in [4.69, 9.17) is 9.47 Å². The highest BCUT2D eigenvalue weighted by Crippen LogP contribution is 2.01. The van der Waals surface area contributed by atoms with Gasteiger partial charge in [0, 0.05) is 24.3 Å². The van der Waals surface area contributed by atoms with Crippen LogP contribution >= 0.6 is 11.8 Å². The van der Waals surface area contributed by atoms with Gasteiger partial charge in [0.2, 0.25) is 0 Å². The van der Waals surface area contributed by atoms with Gasteiger partial charge in [0.15, 0.2) is 0 Å². The smallest absolute Gasteiger partial charge is 0.305 e. The Hall–Kier alpha value is -0.710. The molecule has 0 saturated carbocycles. The Kier molecular flexibility index (Phi) is 11.3. The van der Waals surface area contributed by atoms with Gasteiger partial charge in [-0.3, -0.25) is 9.59 Å². The lowest BCUT2D eigenvalue weighted by Gasteiger charge is -2.05. The average Bonchev–Trinajstić information content (AvgIpc) is 2.28. The fourth-order valence-corrected chi connectivity index (χ4v) is 1.69. The Labute approximate surface area is 107 Å². The van der Waals surface area contributed by atoms with Crippen LogP contribution in [-0.2, 0) is 19.1 Å². The number of hydrogen-bond acceptors (Lipinski definition) is 5. The van der Waals surface area contributed by atoms with Crippen LogP contribution in [0.25, 0.3) is 0 Å². The molecule has 0 aromatic heterocycles. The van der Waals surface area contributed by atoms with E-state index in [0.717, 1.165) is 24.3 Å². The molecule has 0 saturated heterocycles. The van der Waals surface area contributed by atoms with Crippen LogP contribution < -0.4 is 0 Å². The molecule has 5 heteroatoms. The predicted molar refractivity (Wildman–Crippen MR) is 69.1 cm³/mol. The third kappa shape index (κ3) is 11.6.